The van der Waals surface area contributed by atoms with E-state index < -0.39 is 0 Å². The molecular formula is C21H28N4O. The Labute approximate surface area is 155 Å². The highest BCUT2D eigenvalue weighted by Crippen LogP contribution is 2.37. The number of fused-ring (bicyclic) bond motifs is 4. The van der Waals surface area contributed by atoms with Gasteiger partial charge in [-0.2, -0.15) is 0 Å². The van der Waals surface area contributed by atoms with Crippen LogP contribution in [0, 0.1) is 18.8 Å². The SMILES string of the molecule is Cc1cc(C(=O)N2CC3CCC2CN3CC2CC(C)C2)c2nccn2c1. The predicted molar refractivity (Wildman–Crippen MR) is 101 cm³/mol. The van der Waals surface area contributed by atoms with Crippen LogP contribution in [0.2, 0.25) is 0 Å². The quantitative estimate of drug-likeness (QED) is 0.853. The van der Waals surface area contributed by atoms with Gasteiger partial charge in [0.15, 0.2) is 0 Å². The van der Waals surface area contributed by atoms with Crippen LogP contribution >= 0.6 is 0 Å². The summed E-state index contributed by atoms with van der Waals surface area (Å²) in [6, 6.07) is 2.90. The van der Waals surface area contributed by atoms with Crippen molar-refractivity contribution in [3.63, 3.8) is 0 Å². The molecule has 26 heavy (non-hydrogen) atoms. The Balaban J connectivity index is 1.35. The molecule has 3 aliphatic heterocycles. The monoisotopic (exact) mass is 352 g/mol. The number of hydrogen-bond donors (Lipinski definition) is 0. The number of piperidine rings is 2. The van der Waals surface area contributed by atoms with Crippen molar-refractivity contribution in [2.45, 2.75) is 51.6 Å². The molecule has 1 saturated carbocycles. The van der Waals surface area contributed by atoms with Crippen molar-refractivity contribution in [3.05, 3.63) is 35.8 Å². The fraction of sp³-hybridized carbons (Fsp3) is 0.619. The summed E-state index contributed by atoms with van der Waals surface area (Å²) >= 11 is 0. The van der Waals surface area contributed by atoms with Crippen LogP contribution < -0.4 is 0 Å². The number of rotatable bonds is 3. The van der Waals surface area contributed by atoms with E-state index in [4.69, 9.17) is 0 Å². The highest BCUT2D eigenvalue weighted by molar-refractivity contribution is 6.00. The summed E-state index contributed by atoms with van der Waals surface area (Å²) in [4.78, 5) is 22.6. The van der Waals surface area contributed by atoms with Crippen molar-refractivity contribution in [2.24, 2.45) is 11.8 Å². The Morgan fingerprint density at radius 2 is 2.04 bits per heavy atom. The fourth-order valence-corrected chi connectivity index (χ4v) is 5.42. The molecule has 2 unspecified atom stereocenters. The van der Waals surface area contributed by atoms with Gasteiger partial charge in [0.25, 0.3) is 5.91 Å². The summed E-state index contributed by atoms with van der Waals surface area (Å²) in [5, 5.41) is 0. The smallest absolute Gasteiger partial charge is 0.257 e. The molecule has 3 saturated heterocycles. The number of aromatic nitrogens is 2. The first-order valence-electron chi connectivity index (χ1n) is 10.1. The third-order valence-electron chi connectivity index (χ3n) is 6.72. The zero-order chi connectivity index (χ0) is 17.8. The minimum absolute atomic E-state index is 0.163. The van der Waals surface area contributed by atoms with Crippen LogP contribution in [-0.2, 0) is 0 Å². The summed E-state index contributed by atoms with van der Waals surface area (Å²) in [6.45, 7) is 7.57. The van der Waals surface area contributed by atoms with Crippen molar-refractivity contribution in [3.8, 4) is 0 Å². The third kappa shape index (κ3) is 2.64. The highest BCUT2D eigenvalue weighted by Gasteiger charge is 2.42. The Morgan fingerprint density at radius 1 is 1.23 bits per heavy atom. The Bertz CT molecular complexity index is 838. The second-order valence-electron chi connectivity index (χ2n) is 8.83. The number of carbonyl (C=O) groups is 1. The van der Waals surface area contributed by atoms with Crippen molar-refractivity contribution >= 4 is 11.6 Å². The van der Waals surface area contributed by atoms with E-state index in [0.717, 1.165) is 48.1 Å². The second-order valence-corrected chi connectivity index (χ2v) is 8.83. The summed E-state index contributed by atoms with van der Waals surface area (Å²) < 4.78 is 1.97. The number of piperazine rings is 1. The van der Waals surface area contributed by atoms with E-state index in [-0.39, 0.29) is 5.91 Å². The van der Waals surface area contributed by atoms with Gasteiger partial charge in [-0.15, -0.1) is 0 Å². The molecule has 2 atom stereocenters. The summed E-state index contributed by atoms with van der Waals surface area (Å²) in [6.07, 6.45) is 10.9. The van der Waals surface area contributed by atoms with Crippen molar-refractivity contribution in [2.75, 3.05) is 19.6 Å². The number of amides is 1. The fourth-order valence-electron chi connectivity index (χ4n) is 5.42. The standard InChI is InChI=1S/C21H28N4O/c1-14-7-16(8-14)11-24-12-18-4-3-17(24)13-25(18)21(26)19-9-15(2)10-23-6-5-22-20(19)23/h5-6,9-10,14,16-18H,3-4,7-8,11-13H2,1-2H3. The molecule has 138 valence electrons. The molecule has 1 amide bonds. The Kier molecular flexibility index (Phi) is 3.82. The van der Waals surface area contributed by atoms with Crippen LogP contribution in [0.4, 0.5) is 0 Å². The van der Waals surface area contributed by atoms with Crippen LogP contribution in [0.5, 0.6) is 0 Å². The number of imidazole rings is 1. The number of aryl methyl sites for hydroxylation is 1. The molecule has 0 N–H and O–H groups in total. The van der Waals surface area contributed by atoms with Crippen LogP contribution in [0.3, 0.4) is 0 Å². The van der Waals surface area contributed by atoms with E-state index in [2.05, 4.69) is 21.7 Å². The van der Waals surface area contributed by atoms with Crippen LogP contribution in [0.25, 0.3) is 5.65 Å². The second kappa shape index (κ2) is 6.08. The minimum Gasteiger partial charge on any atom is -0.333 e. The lowest BCUT2D eigenvalue weighted by Crippen LogP contribution is -2.64. The van der Waals surface area contributed by atoms with Crippen molar-refractivity contribution < 1.29 is 4.79 Å². The lowest BCUT2D eigenvalue weighted by molar-refractivity contribution is -0.0267. The van der Waals surface area contributed by atoms with Gasteiger partial charge in [0.2, 0.25) is 0 Å². The molecule has 4 fully saturated rings. The third-order valence-corrected chi connectivity index (χ3v) is 6.72. The van der Waals surface area contributed by atoms with Gasteiger partial charge >= 0.3 is 0 Å². The Morgan fingerprint density at radius 3 is 2.77 bits per heavy atom. The maximum atomic E-state index is 13.3. The lowest BCUT2D eigenvalue weighted by atomic mass is 9.75. The Hall–Kier alpha value is -1.88. The van der Waals surface area contributed by atoms with E-state index in [0.29, 0.717) is 12.1 Å². The van der Waals surface area contributed by atoms with Gasteiger partial charge in [-0.25, -0.2) is 4.98 Å². The first-order valence-corrected chi connectivity index (χ1v) is 10.1. The average Bonchev–Trinajstić information content (AvgIpc) is 3.08. The van der Waals surface area contributed by atoms with Gasteiger partial charge in [0.1, 0.15) is 5.65 Å². The number of carbonyl (C=O) groups excluding carboxylic acids is 1. The molecule has 4 aliphatic rings. The zero-order valence-corrected chi connectivity index (χ0v) is 15.8. The maximum Gasteiger partial charge on any atom is 0.257 e. The lowest BCUT2D eigenvalue weighted by Gasteiger charge is -2.53. The largest absolute Gasteiger partial charge is 0.333 e. The molecule has 0 spiro atoms. The van der Waals surface area contributed by atoms with Crippen molar-refractivity contribution in [1.82, 2.24) is 19.2 Å². The van der Waals surface area contributed by atoms with E-state index >= 15 is 0 Å². The molecular weight excluding hydrogens is 324 g/mol. The van der Waals surface area contributed by atoms with Gasteiger partial charge in [-0.3, -0.25) is 9.69 Å². The first kappa shape index (κ1) is 16.3. The normalized spacial score (nSPS) is 31.4. The van der Waals surface area contributed by atoms with E-state index in [1.165, 1.54) is 25.8 Å². The zero-order valence-electron chi connectivity index (χ0n) is 15.8. The van der Waals surface area contributed by atoms with E-state index in [9.17, 15) is 4.79 Å². The molecule has 2 bridgehead atoms. The first-order chi connectivity index (χ1) is 12.6. The number of pyridine rings is 1. The average molecular weight is 352 g/mol. The van der Waals surface area contributed by atoms with Crippen LogP contribution in [0.15, 0.2) is 24.7 Å². The van der Waals surface area contributed by atoms with E-state index in [1.54, 1.807) is 6.20 Å². The van der Waals surface area contributed by atoms with Gasteiger partial charge in [0, 0.05) is 50.3 Å². The van der Waals surface area contributed by atoms with Gasteiger partial charge in [-0.1, -0.05) is 6.92 Å². The molecule has 5 heterocycles. The summed E-state index contributed by atoms with van der Waals surface area (Å²) in [5.74, 6) is 1.96. The van der Waals surface area contributed by atoms with Crippen LogP contribution in [0.1, 0.15) is 48.5 Å². The molecule has 1 aliphatic carbocycles. The van der Waals surface area contributed by atoms with Gasteiger partial charge in [-0.05, 0) is 56.1 Å². The van der Waals surface area contributed by atoms with Crippen LogP contribution in [-0.4, -0.2) is 56.8 Å². The van der Waals surface area contributed by atoms with Gasteiger partial charge < -0.3 is 9.30 Å². The molecule has 2 aromatic heterocycles. The van der Waals surface area contributed by atoms with Crippen molar-refractivity contribution in [1.29, 1.82) is 0 Å². The topological polar surface area (TPSA) is 40.9 Å². The predicted octanol–water partition coefficient (Wildman–Crippen LogP) is 2.98. The molecule has 5 nitrogen and oxygen atoms in total. The van der Waals surface area contributed by atoms with Gasteiger partial charge in [0.05, 0.1) is 5.56 Å². The van der Waals surface area contributed by atoms with E-state index in [1.807, 2.05) is 29.8 Å². The molecule has 6 rings (SSSR count). The molecule has 0 radical (unpaired) electrons. The summed E-state index contributed by atoms with van der Waals surface area (Å²) in [5.41, 5.74) is 2.63. The number of hydrogen-bond acceptors (Lipinski definition) is 3. The minimum atomic E-state index is 0.163. The molecule has 5 heteroatoms. The molecule has 2 aromatic rings. The number of nitrogens with zero attached hydrogens (tertiary/aromatic N) is 4. The molecule has 0 aromatic carbocycles. The highest BCUT2D eigenvalue weighted by atomic mass is 16.2. The summed E-state index contributed by atoms with van der Waals surface area (Å²) in [7, 11) is 0. The maximum absolute atomic E-state index is 13.3.